The Morgan fingerprint density at radius 1 is 1.45 bits per heavy atom. The topological polar surface area (TPSA) is 26.0 Å². The predicted octanol–water partition coefficient (Wildman–Crippen LogP) is 2.55. The Kier molecular flexibility index (Phi) is 3.38. The van der Waals surface area contributed by atoms with Crippen molar-refractivity contribution in [2.75, 3.05) is 0 Å². The molecule has 2 atom stereocenters. The molecule has 1 aliphatic rings. The van der Waals surface area contributed by atoms with Crippen LogP contribution in [0.1, 0.15) is 46.0 Å². The van der Waals surface area contributed by atoms with E-state index in [1.807, 2.05) is 0 Å². The second-order valence-corrected chi connectivity index (χ2v) is 4.13. The lowest BCUT2D eigenvalue weighted by atomic mass is 9.95. The maximum atomic E-state index is 6.01. The van der Waals surface area contributed by atoms with E-state index in [2.05, 4.69) is 13.8 Å². The van der Waals surface area contributed by atoms with Gasteiger partial charge in [-0.25, -0.2) is 0 Å². The molecule has 0 heterocycles. The van der Waals surface area contributed by atoms with Crippen molar-refractivity contribution in [3.05, 3.63) is 0 Å². The molecule has 1 nitrogen and oxygen atoms in total. The number of rotatable bonds is 5. The zero-order valence-electron chi connectivity index (χ0n) is 7.84. The number of hydrogen-bond donors (Lipinski definition) is 1. The Bertz CT molecular complexity index is 107. The molecule has 0 saturated heterocycles. The third-order valence-electron chi connectivity index (χ3n) is 2.68. The molecule has 0 spiro atoms. The van der Waals surface area contributed by atoms with E-state index in [0.29, 0.717) is 6.04 Å². The second-order valence-electron chi connectivity index (χ2n) is 4.13. The predicted molar refractivity (Wildman–Crippen MR) is 49.4 cm³/mol. The van der Waals surface area contributed by atoms with Crippen LogP contribution in [0.5, 0.6) is 0 Å². The fraction of sp³-hybridized carbons (Fsp3) is 1.00. The normalized spacial score (nSPS) is 23.2. The van der Waals surface area contributed by atoms with Crippen molar-refractivity contribution in [2.24, 2.45) is 17.6 Å². The van der Waals surface area contributed by atoms with E-state index in [9.17, 15) is 0 Å². The molecule has 1 rings (SSSR count). The van der Waals surface area contributed by atoms with Gasteiger partial charge in [0.15, 0.2) is 0 Å². The molecule has 1 saturated carbocycles. The van der Waals surface area contributed by atoms with Crippen molar-refractivity contribution in [2.45, 2.75) is 52.0 Å². The van der Waals surface area contributed by atoms with Crippen LogP contribution in [0, 0.1) is 11.8 Å². The van der Waals surface area contributed by atoms with Crippen LogP contribution in [0.15, 0.2) is 0 Å². The molecule has 1 heteroatoms. The van der Waals surface area contributed by atoms with E-state index < -0.39 is 0 Å². The highest BCUT2D eigenvalue weighted by Crippen LogP contribution is 2.34. The Hall–Kier alpha value is -0.0400. The lowest BCUT2D eigenvalue weighted by Gasteiger charge is -2.15. The molecule has 0 radical (unpaired) electrons. The maximum absolute atomic E-state index is 6.01. The minimum atomic E-state index is 0.511. The van der Waals surface area contributed by atoms with Gasteiger partial charge in [0.25, 0.3) is 0 Å². The molecule has 2 unspecified atom stereocenters. The summed E-state index contributed by atoms with van der Waals surface area (Å²) >= 11 is 0. The Morgan fingerprint density at radius 2 is 2.09 bits per heavy atom. The van der Waals surface area contributed by atoms with E-state index in [1.165, 1.54) is 32.1 Å². The smallest absolute Gasteiger partial charge is 0.00697 e. The first-order valence-electron chi connectivity index (χ1n) is 4.99. The zero-order valence-corrected chi connectivity index (χ0v) is 7.84. The molecule has 1 fully saturated rings. The van der Waals surface area contributed by atoms with Crippen molar-refractivity contribution in [3.63, 3.8) is 0 Å². The van der Waals surface area contributed by atoms with Crippen molar-refractivity contribution in [1.82, 2.24) is 0 Å². The van der Waals surface area contributed by atoms with Crippen LogP contribution in [0.25, 0.3) is 0 Å². The summed E-state index contributed by atoms with van der Waals surface area (Å²) in [5.74, 6) is 1.73. The summed E-state index contributed by atoms with van der Waals surface area (Å²) in [5.41, 5.74) is 6.01. The van der Waals surface area contributed by atoms with Crippen LogP contribution < -0.4 is 5.73 Å². The fourth-order valence-corrected chi connectivity index (χ4v) is 1.79. The molecule has 66 valence electrons. The van der Waals surface area contributed by atoms with Crippen LogP contribution in [0.2, 0.25) is 0 Å². The van der Waals surface area contributed by atoms with Crippen LogP contribution in [0.3, 0.4) is 0 Å². The fourth-order valence-electron chi connectivity index (χ4n) is 1.79. The number of nitrogens with two attached hydrogens (primary N) is 1. The van der Waals surface area contributed by atoms with Gasteiger partial charge in [-0.05, 0) is 31.1 Å². The Labute approximate surface area is 70.4 Å². The van der Waals surface area contributed by atoms with Crippen LogP contribution in [0.4, 0.5) is 0 Å². The zero-order chi connectivity index (χ0) is 8.27. The van der Waals surface area contributed by atoms with Crippen LogP contribution >= 0.6 is 0 Å². The van der Waals surface area contributed by atoms with Gasteiger partial charge >= 0.3 is 0 Å². The molecular weight excluding hydrogens is 134 g/mol. The molecule has 1 aliphatic carbocycles. The van der Waals surface area contributed by atoms with Gasteiger partial charge in [-0.3, -0.25) is 0 Å². The highest BCUT2D eigenvalue weighted by Gasteiger charge is 2.28. The third kappa shape index (κ3) is 3.24. The SMILES string of the molecule is CCCC(C)CC(N)C1CC1. The molecule has 0 bridgehead atoms. The first-order chi connectivity index (χ1) is 5.24. The Morgan fingerprint density at radius 3 is 2.55 bits per heavy atom. The summed E-state index contributed by atoms with van der Waals surface area (Å²) < 4.78 is 0. The van der Waals surface area contributed by atoms with Crippen molar-refractivity contribution in [1.29, 1.82) is 0 Å². The Balaban J connectivity index is 2.07. The van der Waals surface area contributed by atoms with Gasteiger partial charge in [0, 0.05) is 6.04 Å². The largest absolute Gasteiger partial charge is 0.327 e. The van der Waals surface area contributed by atoms with Gasteiger partial charge in [0.2, 0.25) is 0 Å². The molecule has 0 amide bonds. The van der Waals surface area contributed by atoms with Crippen molar-refractivity contribution in [3.8, 4) is 0 Å². The average molecular weight is 155 g/mol. The monoisotopic (exact) mass is 155 g/mol. The lowest BCUT2D eigenvalue weighted by Crippen LogP contribution is -2.24. The first-order valence-corrected chi connectivity index (χ1v) is 4.99. The van der Waals surface area contributed by atoms with Gasteiger partial charge in [-0.2, -0.15) is 0 Å². The standard InChI is InChI=1S/C10H21N/c1-3-4-8(2)7-10(11)9-5-6-9/h8-10H,3-7,11H2,1-2H3. The summed E-state index contributed by atoms with van der Waals surface area (Å²) in [6.45, 7) is 4.57. The van der Waals surface area contributed by atoms with E-state index in [-0.39, 0.29) is 0 Å². The molecule has 2 N–H and O–H groups in total. The summed E-state index contributed by atoms with van der Waals surface area (Å²) in [6, 6.07) is 0.511. The third-order valence-corrected chi connectivity index (χ3v) is 2.68. The molecule has 0 aromatic rings. The van der Waals surface area contributed by atoms with E-state index in [4.69, 9.17) is 5.73 Å². The minimum absolute atomic E-state index is 0.511. The molecule has 11 heavy (non-hydrogen) atoms. The first kappa shape index (κ1) is 9.05. The highest BCUT2D eigenvalue weighted by atomic mass is 14.7. The molecule has 0 aliphatic heterocycles. The van der Waals surface area contributed by atoms with Crippen molar-refractivity contribution >= 4 is 0 Å². The molecule has 0 aromatic carbocycles. The highest BCUT2D eigenvalue weighted by molar-refractivity contribution is 4.84. The van der Waals surface area contributed by atoms with Gasteiger partial charge < -0.3 is 5.73 Å². The van der Waals surface area contributed by atoms with Gasteiger partial charge in [-0.15, -0.1) is 0 Å². The molecular formula is C10H21N. The lowest BCUT2D eigenvalue weighted by molar-refractivity contribution is 0.409. The van der Waals surface area contributed by atoms with E-state index in [1.54, 1.807) is 0 Å². The van der Waals surface area contributed by atoms with E-state index in [0.717, 1.165) is 11.8 Å². The maximum Gasteiger partial charge on any atom is 0.00697 e. The molecule has 0 aromatic heterocycles. The summed E-state index contributed by atoms with van der Waals surface area (Å²) in [4.78, 5) is 0. The second kappa shape index (κ2) is 4.10. The quantitative estimate of drug-likeness (QED) is 0.648. The van der Waals surface area contributed by atoms with Gasteiger partial charge in [0.05, 0.1) is 0 Å². The number of hydrogen-bond acceptors (Lipinski definition) is 1. The van der Waals surface area contributed by atoms with Crippen molar-refractivity contribution < 1.29 is 0 Å². The van der Waals surface area contributed by atoms with Crippen LogP contribution in [-0.2, 0) is 0 Å². The summed E-state index contributed by atoms with van der Waals surface area (Å²) in [7, 11) is 0. The minimum Gasteiger partial charge on any atom is -0.327 e. The summed E-state index contributed by atoms with van der Waals surface area (Å²) in [5, 5.41) is 0. The average Bonchev–Trinajstić information content (AvgIpc) is 2.67. The van der Waals surface area contributed by atoms with E-state index >= 15 is 0 Å². The summed E-state index contributed by atoms with van der Waals surface area (Å²) in [6.07, 6.45) is 6.68. The van der Waals surface area contributed by atoms with Crippen LogP contribution in [-0.4, -0.2) is 6.04 Å². The van der Waals surface area contributed by atoms with Gasteiger partial charge in [-0.1, -0.05) is 26.7 Å². The van der Waals surface area contributed by atoms with Gasteiger partial charge in [0.1, 0.15) is 0 Å².